The van der Waals surface area contributed by atoms with Crippen LogP contribution in [0.4, 0.5) is 4.79 Å². The molecule has 5 N–H and O–H groups in total. The van der Waals surface area contributed by atoms with Crippen LogP contribution in [0.25, 0.3) is 0 Å². The highest BCUT2D eigenvalue weighted by atomic mass is 16.7. The first-order valence-electron chi connectivity index (χ1n) is 7.40. The Balaban J connectivity index is 4.91. The number of nitrogens with one attached hydrogen (secondary N) is 2. The van der Waals surface area contributed by atoms with E-state index in [9.17, 15) is 24.8 Å². The van der Waals surface area contributed by atoms with Gasteiger partial charge in [0.25, 0.3) is 5.96 Å². The van der Waals surface area contributed by atoms with Gasteiger partial charge in [-0.3, -0.25) is 5.41 Å². The predicted octanol–water partition coefficient (Wildman–Crippen LogP) is -0.419. The number of hydrogen-bond donors (Lipinski definition) is 4. The number of nitrogens with zero attached hydrogens (tertiary/aromatic N) is 2. The number of alkyl carbamates (subject to hydrolysis) is 1. The first-order chi connectivity index (χ1) is 11.4. The van der Waals surface area contributed by atoms with E-state index in [0.717, 1.165) is 7.11 Å². The van der Waals surface area contributed by atoms with Crippen molar-refractivity contribution in [2.24, 2.45) is 5.73 Å². The number of rotatable bonds is 8. The SMILES string of the molecule is COC(=O)C(O)[C@H](CCCN(C(=N)N)[N+](=O)[O-])NC(=O)OC(C)(C)C. The number of hydrogen-bond acceptors (Lipinski definition) is 8. The zero-order valence-electron chi connectivity index (χ0n) is 14.6. The Morgan fingerprint density at radius 3 is 2.40 bits per heavy atom. The molecule has 1 amide bonds. The Hall–Kier alpha value is -2.63. The Morgan fingerprint density at radius 1 is 1.44 bits per heavy atom. The Morgan fingerprint density at radius 2 is 2.00 bits per heavy atom. The summed E-state index contributed by atoms with van der Waals surface area (Å²) in [5.41, 5.74) is 4.30. The molecule has 144 valence electrons. The van der Waals surface area contributed by atoms with Gasteiger partial charge in [0.2, 0.25) is 0 Å². The van der Waals surface area contributed by atoms with Gasteiger partial charge in [0.1, 0.15) is 5.60 Å². The largest absolute Gasteiger partial charge is 0.467 e. The van der Waals surface area contributed by atoms with E-state index >= 15 is 0 Å². The van der Waals surface area contributed by atoms with E-state index in [1.54, 1.807) is 20.8 Å². The van der Waals surface area contributed by atoms with Gasteiger partial charge < -0.3 is 25.6 Å². The number of aliphatic hydroxyl groups is 1. The lowest BCUT2D eigenvalue weighted by Gasteiger charge is -2.25. The monoisotopic (exact) mass is 363 g/mol. The highest BCUT2D eigenvalue weighted by molar-refractivity contribution is 5.77. The van der Waals surface area contributed by atoms with Crippen LogP contribution in [0.3, 0.4) is 0 Å². The zero-order valence-corrected chi connectivity index (χ0v) is 14.6. The normalized spacial score (nSPS) is 13.3. The highest BCUT2D eigenvalue weighted by Crippen LogP contribution is 2.10. The smallest absolute Gasteiger partial charge is 0.407 e. The summed E-state index contributed by atoms with van der Waals surface area (Å²) in [5.74, 6) is -1.73. The molecule has 0 saturated carbocycles. The summed E-state index contributed by atoms with van der Waals surface area (Å²) in [7, 11) is 1.07. The minimum atomic E-state index is -1.68. The number of carbonyl (C=O) groups excluding carboxylic acids is 2. The van der Waals surface area contributed by atoms with E-state index in [-0.39, 0.29) is 19.4 Å². The number of nitrogens with two attached hydrogens (primary N) is 1. The molecule has 0 saturated heterocycles. The number of hydrazine groups is 1. The molecule has 0 aromatic rings. The van der Waals surface area contributed by atoms with Gasteiger partial charge in [-0.05, 0) is 33.6 Å². The molecule has 0 bridgehead atoms. The Labute approximate surface area is 144 Å². The van der Waals surface area contributed by atoms with Crippen LogP contribution in [-0.4, -0.2) is 64.6 Å². The summed E-state index contributed by atoms with van der Waals surface area (Å²) in [6.45, 7) is 4.67. The van der Waals surface area contributed by atoms with Crippen molar-refractivity contribution in [1.29, 1.82) is 5.41 Å². The van der Waals surface area contributed by atoms with E-state index in [4.69, 9.17) is 15.9 Å². The molecule has 25 heavy (non-hydrogen) atoms. The molecular formula is C13H25N5O7. The molecule has 0 fully saturated rings. The third-order valence-electron chi connectivity index (χ3n) is 2.89. The molecule has 12 heteroatoms. The topological polar surface area (TPSA) is 181 Å². The average molecular weight is 363 g/mol. The molecular weight excluding hydrogens is 338 g/mol. The van der Waals surface area contributed by atoms with Crippen molar-refractivity contribution in [3.05, 3.63) is 10.1 Å². The van der Waals surface area contributed by atoms with E-state index < -0.39 is 40.8 Å². The second kappa shape index (κ2) is 9.61. The van der Waals surface area contributed by atoms with E-state index in [2.05, 4.69) is 10.1 Å². The number of ether oxygens (including phenoxy) is 2. The van der Waals surface area contributed by atoms with Crippen LogP contribution in [0.15, 0.2) is 0 Å². The molecule has 0 heterocycles. The molecule has 0 aromatic heterocycles. The van der Waals surface area contributed by atoms with Gasteiger partial charge in [0.05, 0.1) is 19.7 Å². The van der Waals surface area contributed by atoms with Crippen LogP contribution < -0.4 is 11.1 Å². The number of guanidine groups is 1. The van der Waals surface area contributed by atoms with Gasteiger partial charge in [-0.2, -0.15) is 0 Å². The first kappa shape index (κ1) is 22.4. The summed E-state index contributed by atoms with van der Waals surface area (Å²) in [6, 6.07) is -1.09. The summed E-state index contributed by atoms with van der Waals surface area (Å²) in [4.78, 5) is 34.1. The third kappa shape index (κ3) is 8.69. The lowest BCUT2D eigenvalue weighted by atomic mass is 10.1. The quantitative estimate of drug-likeness (QED) is 0.146. The lowest BCUT2D eigenvalue weighted by Crippen LogP contribution is -2.49. The maximum Gasteiger partial charge on any atom is 0.407 e. The zero-order chi connectivity index (χ0) is 19.8. The molecule has 0 aromatic carbocycles. The van der Waals surface area contributed by atoms with Gasteiger partial charge in [0.15, 0.2) is 11.1 Å². The number of amides is 1. The Bertz CT molecular complexity index is 491. The van der Waals surface area contributed by atoms with Crippen molar-refractivity contribution < 1.29 is 29.2 Å². The van der Waals surface area contributed by atoms with Crippen LogP contribution in [-0.2, 0) is 14.3 Å². The predicted molar refractivity (Wildman–Crippen MR) is 86.0 cm³/mol. The fourth-order valence-electron chi connectivity index (χ4n) is 1.80. The summed E-state index contributed by atoms with van der Waals surface area (Å²) >= 11 is 0. The fourth-order valence-corrected chi connectivity index (χ4v) is 1.80. The highest BCUT2D eigenvalue weighted by Gasteiger charge is 2.30. The van der Waals surface area contributed by atoms with Crippen molar-refractivity contribution in [2.75, 3.05) is 13.7 Å². The molecule has 0 aliphatic heterocycles. The first-order valence-corrected chi connectivity index (χ1v) is 7.40. The number of esters is 1. The van der Waals surface area contributed by atoms with Crippen LogP contribution in [0.5, 0.6) is 0 Å². The third-order valence-corrected chi connectivity index (χ3v) is 2.89. The van der Waals surface area contributed by atoms with E-state index in [1.165, 1.54) is 0 Å². The second-order valence-electron chi connectivity index (χ2n) is 6.11. The van der Waals surface area contributed by atoms with Gasteiger partial charge in [-0.1, -0.05) is 5.01 Å². The minimum absolute atomic E-state index is 0.0207. The van der Waals surface area contributed by atoms with Gasteiger partial charge >= 0.3 is 12.1 Å². The van der Waals surface area contributed by atoms with Crippen LogP contribution >= 0.6 is 0 Å². The lowest BCUT2D eigenvalue weighted by molar-refractivity contribution is -0.629. The van der Waals surface area contributed by atoms with Crippen LogP contribution in [0, 0.1) is 15.5 Å². The fraction of sp³-hybridized carbons (Fsp3) is 0.769. The number of aliphatic hydroxyl groups excluding tert-OH is 1. The van der Waals surface area contributed by atoms with Crippen molar-refractivity contribution in [3.63, 3.8) is 0 Å². The Kier molecular flexibility index (Phi) is 8.60. The number of carbonyl (C=O) groups is 2. The van der Waals surface area contributed by atoms with Gasteiger partial charge in [-0.25, -0.2) is 19.7 Å². The second-order valence-corrected chi connectivity index (χ2v) is 6.11. The molecule has 0 radical (unpaired) electrons. The van der Waals surface area contributed by atoms with E-state index in [1.807, 2.05) is 0 Å². The molecule has 0 aliphatic rings. The number of nitro groups is 1. The number of methoxy groups -OCH3 is 1. The maximum atomic E-state index is 11.8. The average Bonchev–Trinajstić information content (AvgIpc) is 2.45. The van der Waals surface area contributed by atoms with Crippen molar-refractivity contribution >= 4 is 18.0 Å². The summed E-state index contributed by atoms with van der Waals surface area (Å²) in [6.07, 6.45) is -2.51. The standard InChI is InChI=1S/C13H25N5O7/c1-13(2,3)25-12(21)16-8(9(19)10(20)24-4)6-5-7-17(11(14)15)18(22)23/h8-9,19H,5-7H2,1-4H3,(H3,14,15)(H,16,21)/t8-,9?/m0/s1. The maximum absolute atomic E-state index is 11.8. The molecule has 2 atom stereocenters. The van der Waals surface area contributed by atoms with Crippen molar-refractivity contribution in [3.8, 4) is 0 Å². The molecule has 0 aliphatic carbocycles. The van der Waals surface area contributed by atoms with Crippen LogP contribution in [0.2, 0.25) is 0 Å². The van der Waals surface area contributed by atoms with E-state index in [0.29, 0.717) is 5.01 Å². The van der Waals surface area contributed by atoms with Crippen molar-refractivity contribution in [1.82, 2.24) is 10.3 Å². The van der Waals surface area contributed by atoms with Gasteiger partial charge in [-0.15, -0.1) is 0 Å². The molecule has 12 nitrogen and oxygen atoms in total. The minimum Gasteiger partial charge on any atom is -0.467 e. The summed E-state index contributed by atoms with van der Waals surface area (Å²) in [5, 5.41) is 29.7. The van der Waals surface area contributed by atoms with Crippen LogP contribution in [0.1, 0.15) is 33.6 Å². The molecule has 1 unspecified atom stereocenters. The van der Waals surface area contributed by atoms with Crippen molar-refractivity contribution in [2.45, 2.75) is 51.4 Å². The molecule has 0 spiro atoms. The summed E-state index contributed by atoms with van der Waals surface area (Å²) < 4.78 is 9.48. The molecule has 0 rings (SSSR count). The van der Waals surface area contributed by atoms with Gasteiger partial charge in [0, 0.05) is 0 Å².